The van der Waals surface area contributed by atoms with Crippen LogP contribution in [0.5, 0.6) is 0 Å². The Morgan fingerprint density at radius 3 is 1.73 bits per heavy atom. The fourth-order valence-corrected chi connectivity index (χ4v) is 9.76. The maximum Gasteiger partial charge on any atom is 0.407 e. The van der Waals surface area contributed by atoms with Crippen molar-refractivity contribution in [2.24, 2.45) is 35.5 Å². The highest BCUT2D eigenvalue weighted by atomic mass is 16.6. The minimum absolute atomic E-state index is 0.106. The van der Waals surface area contributed by atoms with Gasteiger partial charge >= 0.3 is 12.1 Å². The van der Waals surface area contributed by atoms with Crippen LogP contribution in [0.2, 0.25) is 0 Å². The van der Waals surface area contributed by atoms with Gasteiger partial charge in [0.2, 0.25) is 0 Å². The molecule has 6 atom stereocenters. The average molecular weight is 849 g/mol. The van der Waals surface area contributed by atoms with Gasteiger partial charge in [-0.1, -0.05) is 6.92 Å². The van der Waals surface area contributed by atoms with Gasteiger partial charge in [0.1, 0.15) is 0 Å². The number of carbonyl (C=O) groups is 4. The van der Waals surface area contributed by atoms with Crippen molar-refractivity contribution in [2.75, 3.05) is 53.2 Å². The Hall–Kier alpha value is -5.34. The second-order valence-corrected chi connectivity index (χ2v) is 17.2. The van der Waals surface area contributed by atoms with Crippen LogP contribution in [0.15, 0.2) is 60.9 Å². The van der Waals surface area contributed by atoms with Gasteiger partial charge in [-0.2, -0.15) is 10.2 Å². The third-order valence-electron chi connectivity index (χ3n) is 13.5. The molecular formula is C48H60N6O8. The van der Waals surface area contributed by atoms with Crippen LogP contribution in [0, 0.1) is 35.5 Å². The number of alkyl carbamates (subject to hydrolysis) is 1. The lowest BCUT2D eigenvalue weighted by Crippen LogP contribution is -2.29. The number of aromatic nitrogens is 4. The van der Waals surface area contributed by atoms with Gasteiger partial charge in [0, 0.05) is 56.6 Å². The molecule has 0 aliphatic heterocycles. The van der Waals surface area contributed by atoms with Crippen molar-refractivity contribution in [3.63, 3.8) is 0 Å². The zero-order valence-electron chi connectivity index (χ0n) is 36.0. The SMILES string of the molecule is CCC(=O)c1ccc(-n2cc3c(n2)CCC2C(CC3)C2COC(=O)NCCOCCOCCCC(=O)OCC2C3CCc4cn(-c5ccc(C(=O)NC)cc5)nc4CCC32)cc1. The van der Waals surface area contributed by atoms with Crippen LogP contribution in [-0.4, -0.2) is 96.5 Å². The third kappa shape index (κ3) is 10.6. The molecule has 0 radical (unpaired) electrons. The lowest BCUT2D eigenvalue weighted by Gasteiger charge is -2.08. The minimum Gasteiger partial charge on any atom is -0.465 e. The van der Waals surface area contributed by atoms with Gasteiger partial charge in [0.05, 0.1) is 55.8 Å². The number of hydrogen-bond acceptors (Lipinski definition) is 10. The maximum absolute atomic E-state index is 12.5. The van der Waals surface area contributed by atoms with Crippen LogP contribution in [0.1, 0.15) is 95.1 Å². The molecule has 4 aromatic rings. The molecule has 14 heteroatoms. The van der Waals surface area contributed by atoms with Gasteiger partial charge in [-0.25, -0.2) is 14.2 Å². The first-order chi connectivity index (χ1) is 30.3. The molecule has 2 aromatic carbocycles. The van der Waals surface area contributed by atoms with E-state index in [1.807, 2.05) is 64.8 Å². The lowest BCUT2D eigenvalue weighted by atomic mass is 9.99. The zero-order valence-corrected chi connectivity index (χ0v) is 36.0. The molecule has 62 heavy (non-hydrogen) atoms. The topological polar surface area (TPSA) is 165 Å². The molecule has 8 rings (SSSR count). The highest BCUT2D eigenvalue weighted by molar-refractivity contribution is 5.96. The maximum atomic E-state index is 12.5. The van der Waals surface area contributed by atoms with E-state index >= 15 is 0 Å². The summed E-state index contributed by atoms with van der Waals surface area (Å²) in [6, 6.07) is 15.1. The number of carbonyl (C=O) groups excluding carboxylic acids is 4. The molecule has 4 aliphatic rings. The number of ether oxygens (including phenoxy) is 4. The molecule has 14 nitrogen and oxygen atoms in total. The second-order valence-electron chi connectivity index (χ2n) is 17.2. The van der Waals surface area contributed by atoms with Crippen molar-refractivity contribution in [3.8, 4) is 11.4 Å². The summed E-state index contributed by atoms with van der Waals surface area (Å²) in [6.07, 6.45) is 13.2. The molecule has 2 saturated carbocycles. The number of hydrogen-bond donors (Lipinski definition) is 2. The summed E-state index contributed by atoms with van der Waals surface area (Å²) in [7, 11) is 1.63. The Morgan fingerprint density at radius 1 is 0.661 bits per heavy atom. The van der Waals surface area contributed by atoms with Crippen molar-refractivity contribution in [1.82, 2.24) is 30.2 Å². The van der Waals surface area contributed by atoms with Crippen LogP contribution in [-0.2, 0) is 49.4 Å². The molecular weight excluding hydrogens is 789 g/mol. The average Bonchev–Trinajstić information content (AvgIpc) is 4.01. The van der Waals surface area contributed by atoms with Crippen molar-refractivity contribution >= 4 is 23.8 Å². The van der Waals surface area contributed by atoms with Crippen LogP contribution in [0.25, 0.3) is 11.4 Å². The monoisotopic (exact) mass is 848 g/mol. The number of benzene rings is 2. The normalized spacial score (nSPS) is 22.2. The Kier molecular flexibility index (Phi) is 14.1. The minimum atomic E-state index is -0.416. The molecule has 0 bridgehead atoms. The van der Waals surface area contributed by atoms with Crippen molar-refractivity contribution in [1.29, 1.82) is 0 Å². The van der Waals surface area contributed by atoms with Gasteiger partial charge in [-0.15, -0.1) is 0 Å². The molecule has 2 fully saturated rings. The number of aryl methyl sites for hydroxylation is 4. The van der Waals surface area contributed by atoms with Gasteiger partial charge in [0.15, 0.2) is 5.78 Å². The Morgan fingerprint density at radius 2 is 1.18 bits per heavy atom. The van der Waals surface area contributed by atoms with Crippen LogP contribution in [0.3, 0.4) is 0 Å². The molecule has 2 aromatic heterocycles. The summed E-state index contributed by atoms with van der Waals surface area (Å²) in [5.74, 6) is 2.94. The summed E-state index contributed by atoms with van der Waals surface area (Å²) >= 11 is 0. The van der Waals surface area contributed by atoms with E-state index < -0.39 is 6.09 Å². The molecule has 0 saturated heterocycles. The largest absolute Gasteiger partial charge is 0.465 e. The van der Waals surface area contributed by atoms with E-state index in [0.29, 0.717) is 107 Å². The van der Waals surface area contributed by atoms with E-state index in [4.69, 9.17) is 29.1 Å². The summed E-state index contributed by atoms with van der Waals surface area (Å²) in [6.45, 7) is 4.77. The number of nitrogens with one attached hydrogen (secondary N) is 2. The fraction of sp³-hybridized carbons (Fsp3) is 0.542. The van der Waals surface area contributed by atoms with Crippen LogP contribution >= 0.6 is 0 Å². The van der Waals surface area contributed by atoms with E-state index in [1.165, 1.54) is 11.1 Å². The number of fused-ring (bicyclic) bond motifs is 4. The number of nitrogens with zero attached hydrogens (tertiary/aromatic N) is 4. The molecule has 2 amide bonds. The molecule has 330 valence electrons. The summed E-state index contributed by atoms with van der Waals surface area (Å²) < 4.78 is 26.4. The zero-order chi connectivity index (χ0) is 43.0. The molecule has 0 spiro atoms. The van der Waals surface area contributed by atoms with E-state index in [9.17, 15) is 19.2 Å². The van der Waals surface area contributed by atoms with E-state index in [-0.39, 0.29) is 17.7 Å². The summed E-state index contributed by atoms with van der Waals surface area (Å²) in [4.78, 5) is 48.7. The second kappa shape index (κ2) is 20.2. The summed E-state index contributed by atoms with van der Waals surface area (Å²) in [5.41, 5.74) is 8.07. The van der Waals surface area contributed by atoms with Gasteiger partial charge < -0.3 is 29.6 Å². The highest BCUT2D eigenvalue weighted by Gasteiger charge is 2.51. The first-order valence-electron chi connectivity index (χ1n) is 22.6. The predicted octanol–water partition coefficient (Wildman–Crippen LogP) is 6.28. The number of ketones is 1. The quantitative estimate of drug-likeness (QED) is 0.0624. The molecule has 4 aliphatic carbocycles. The van der Waals surface area contributed by atoms with E-state index in [1.54, 1.807) is 7.05 Å². The first-order valence-corrected chi connectivity index (χ1v) is 22.6. The van der Waals surface area contributed by atoms with Crippen LogP contribution < -0.4 is 10.6 Å². The number of amides is 2. The van der Waals surface area contributed by atoms with E-state index in [2.05, 4.69) is 23.0 Å². The van der Waals surface area contributed by atoms with Crippen molar-refractivity contribution in [2.45, 2.75) is 77.6 Å². The number of rotatable bonds is 19. The molecule has 2 heterocycles. The lowest BCUT2D eigenvalue weighted by molar-refractivity contribution is -0.144. The van der Waals surface area contributed by atoms with E-state index in [0.717, 1.165) is 79.7 Å². The van der Waals surface area contributed by atoms with Gasteiger partial charge in [0.25, 0.3) is 5.91 Å². The Balaban J connectivity index is 0.620. The predicted molar refractivity (Wildman–Crippen MR) is 231 cm³/mol. The van der Waals surface area contributed by atoms with Crippen molar-refractivity contribution in [3.05, 3.63) is 94.6 Å². The fourth-order valence-electron chi connectivity index (χ4n) is 9.76. The number of Topliss-reactive ketones (excluding diaryl/α,β-unsaturated/α-hetero) is 1. The standard InChI is InChI=1S/C48H60N6O8/c1-3-45(55)31-6-12-35(13-7-31)53-27-34-11-17-38-40(19-21-44(34)51-53)42(38)30-62-48(58)50-22-24-60-26-25-59-23-4-5-46(56)61-29-41-37-16-10-33-28-54(52-43(33)20-18-39(37)41)36-14-8-32(9-15-36)47(57)49-2/h6-9,12-15,27-28,37-42H,3-5,10-11,16-26,29-30H2,1-2H3,(H,49,57)(H,50,58). The first kappa shape index (κ1) is 43.3. The van der Waals surface area contributed by atoms with Gasteiger partial charge in [-0.3, -0.25) is 14.4 Å². The Bertz CT molecular complexity index is 1960. The van der Waals surface area contributed by atoms with Gasteiger partial charge in [-0.05, 0) is 153 Å². The highest BCUT2D eigenvalue weighted by Crippen LogP contribution is 2.54. The smallest absolute Gasteiger partial charge is 0.407 e. The number of esters is 1. The third-order valence-corrected chi connectivity index (χ3v) is 13.5. The molecule has 2 N–H and O–H groups in total. The van der Waals surface area contributed by atoms with Crippen molar-refractivity contribution < 1.29 is 38.1 Å². The molecule has 6 unspecified atom stereocenters. The Labute approximate surface area is 363 Å². The summed E-state index contributed by atoms with van der Waals surface area (Å²) in [5, 5.41) is 15.2. The van der Waals surface area contributed by atoms with Crippen LogP contribution in [0.4, 0.5) is 4.79 Å².